The Morgan fingerprint density at radius 3 is 1.91 bits per heavy atom. The zero-order chi connectivity index (χ0) is 21.7. The molecule has 2 aromatic carbocycles. The normalized spacial score (nSPS) is 9.62. The number of benzene rings is 2. The molecule has 0 saturated heterocycles. The molecule has 8 N–H and O–H groups in total. The van der Waals surface area contributed by atoms with Gasteiger partial charge in [0.2, 0.25) is 0 Å². The summed E-state index contributed by atoms with van der Waals surface area (Å²) in [5.74, 6) is 0. The second-order valence-corrected chi connectivity index (χ2v) is 9.86. The van der Waals surface area contributed by atoms with E-state index >= 15 is 0 Å². The first-order valence-electron chi connectivity index (χ1n) is 10.4. The Kier molecular flexibility index (Phi) is 15.4. The molecule has 0 unspecified atom stereocenters. The zero-order valence-corrected chi connectivity index (χ0v) is 22.1. The molecule has 4 aromatic rings. The fraction of sp³-hybridized carbons (Fsp3) is 0.280. The molecule has 9 heteroatoms. The van der Waals surface area contributed by atoms with Gasteiger partial charge in [0.05, 0.1) is 11.9 Å². The standard InChI is InChI=1S/C23H23N3S2.C2H6.4H2O/c1-15(2)27-19-11-7-18(8-12-19)21-13-24-23-22(25-21)17(4)14-26(23)28-20-9-5-16(3)6-10-20;1-2;;;;/h5-15H,1-4H3;1-2H3;4*1H2. The SMILES string of the molecule is CC.Cc1ccc(Sn2cc(C)c3nc(-c4ccc(SC(C)C)cc4)cnc32)cc1.O.O.O.O. The van der Waals surface area contributed by atoms with Gasteiger partial charge < -0.3 is 21.9 Å². The van der Waals surface area contributed by atoms with E-state index in [1.54, 1.807) is 11.9 Å². The van der Waals surface area contributed by atoms with Crippen LogP contribution in [0.25, 0.3) is 22.4 Å². The first-order chi connectivity index (χ1) is 14.5. The highest BCUT2D eigenvalue weighted by Gasteiger charge is 2.12. The molecule has 0 spiro atoms. The molecule has 2 heterocycles. The predicted octanol–water partition coefficient (Wildman–Crippen LogP) is 4.50. The van der Waals surface area contributed by atoms with E-state index in [1.807, 2.05) is 31.8 Å². The van der Waals surface area contributed by atoms with Gasteiger partial charge in [0.1, 0.15) is 5.52 Å². The summed E-state index contributed by atoms with van der Waals surface area (Å²) in [7, 11) is 0. The van der Waals surface area contributed by atoms with E-state index in [0.717, 1.165) is 28.0 Å². The number of rotatable bonds is 5. The Labute approximate surface area is 210 Å². The maximum Gasteiger partial charge on any atom is 0.169 e. The molecule has 0 atom stereocenters. The third kappa shape index (κ3) is 8.12. The molecule has 0 fully saturated rings. The molecule has 4 rings (SSSR count). The summed E-state index contributed by atoms with van der Waals surface area (Å²) in [6.07, 6.45) is 3.99. The van der Waals surface area contributed by atoms with Crippen molar-refractivity contribution >= 4 is 34.9 Å². The van der Waals surface area contributed by atoms with E-state index in [1.165, 1.54) is 15.4 Å². The molecule has 0 aliphatic carbocycles. The van der Waals surface area contributed by atoms with Gasteiger partial charge in [-0.05, 0) is 55.6 Å². The van der Waals surface area contributed by atoms with Crippen LogP contribution in [-0.4, -0.2) is 41.1 Å². The lowest BCUT2D eigenvalue weighted by Crippen LogP contribution is -1.92. The number of thioether (sulfide) groups is 1. The Morgan fingerprint density at radius 2 is 1.35 bits per heavy atom. The molecule has 0 radical (unpaired) electrons. The van der Waals surface area contributed by atoms with Gasteiger partial charge >= 0.3 is 0 Å². The average Bonchev–Trinajstić information content (AvgIpc) is 3.06. The van der Waals surface area contributed by atoms with Gasteiger partial charge in [-0.1, -0.05) is 57.5 Å². The molecule has 0 saturated carbocycles. The lowest BCUT2D eigenvalue weighted by atomic mass is 10.1. The summed E-state index contributed by atoms with van der Waals surface area (Å²) < 4.78 is 2.11. The van der Waals surface area contributed by atoms with Crippen molar-refractivity contribution < 1.29 is 21.9 Å². The smallest absolute Gasteiger partial charge is 0.169 e. The summed E-state index contributed by atoms with van der Waals surface area (Å²) in [5.41, 5.74) is 6.27. The highest BCUT2D eigenvalue weighted by Crippen LogP contribution is 2.30. The first kappa shape index (κ1) is 33.8. The summed E-state index contributed by atoms with van der Waals surface area (Å²) >= 11 is 3.54. The third-order valence-corrected chi connectivity index (χ3v) is 6.37. The van der Waals surface area contributed by atoms with Crippen LogP contribution in [0, 0.1) is 13.8 Å². The van der Waals surface area contributed by atoms with Crippen LogP contribution in [0.1, 0.15) is 38.8 Å². The minimum atomic E-state index is 0. The Hall–Kier alpha value is -2.40. The zero-order valence-electron chi connectivity index (χ0n) is 20.5. The lowest BCUT2D eigenvalue weighted by Gasteiger charge is -2.07. The van der Waals surface area contributed by atoms with E-state index in [0.29, 0.717) is 5.25 Å². The van der Waals surface area contributed by atoms with Crippen molar-refractivity contribution in [3.8, 4) is 11.3 Å². The van der Waals surface area contributed by atoms with Gasteiger partial charge in [-0.25, -0.2) is 9.97 Å². The van der Waals surface area contributed by atoms with Crippen molar-refractivity contribution in [3.63, 3.8) is 0 Å². The molecule has 0 aliphatic rings. The minimum Gasteiger partial charge on any atom is -0.412 e. The number of hydrogen-bond donors (Lipinski definition) is 0. The lowest BCUT2D eigenvalue weighted by molar-refractivity contribution is 0.823. The van der Waals surface area contributed by atoms with E-state index in [9.17, 15) is 0 Å². The van der Waals surface area contributed by atoms with Gasteiger partial charge in [-0.3, -0.25) is 3.97 Å². The van der Waals surface area contributed by atoms with Crippen LogP contribution in [0.4, 0.5) is 0 Å². The predicted molar refractivity (Wildman–Crippen MR) is 147 cm³/mol. The Morgan fingerprint density at radius 1 is 0.794 bits per heavy atom. The fourth-order valence-electron chi connectivity index (χ4n) is 3.00. The molecule has 188 valence electrons. The molecular weight excluding hydrogens is 470 g/mol. The fourth-order valence-corrected chi connectivity index (χ4v) is 4.76. The van der Waals surface area contributed by atoms with Crippen LogP contribution in [0.5, 0.6) is 0 Å². The van der Waals surface area contributed by atoms with Gasteiger partial charge in [0.15, 0.2) is 5.65 Å². The van der Waals surface area contributed by atoms with Crippen LogP contribution in [0.3, 0.4) is 0 Å². The van der Waals surface area contributed by atoms with Crippen LogP contribution < -0.4 is 0 Å². The summed E-state index contributed by atoms with van der Waals surface area (Å²) in [5, 5.41) is 0.579. The highest BCUT2D eigenvalue weighted by molar-refractivity contribution is 7.99. The number of hydrogen-bond acceptors (Lipinski definition) is 4. The van der Waals surface area contributed by atoms with Gasteiger partial charge in [-0.2, -0.15) is 0 Å². The molecular formula is C25H37N3O4S2. The van der Waals surface area contributed by atoms with Gasteiger partial charge in [-0.15, -0.1) is 11.8 Å². The van der Waals surface area contributed by atoms with Gasteiger partial charge in [0, 0.05) is 26.8 Å². The second-order valence-electron chi connectivity index (χ2n) is 7.16. The number of nitrogens with zero attached hydrogens (tertiary/aromatic N) is 3. The average molecular weight is 508 g/mol. The number of aromatic nitrogens is 3. The number of fused-ring (bicyclic) bond motifs is 1. The highest BCUT2D eigenvalue weighted by atomic mass is 32.2. The van der Waals surface area contributed by atoms with E-state index in [-0.39, 0.29) is 21.9 Å². The van der Waals surface area contributed by atoms with Crippen LogP contribution >= 0.6 is 23.7 Å². The van der Waals surface area contributed by atoms with Crippen LogP contribution in [-0.2, 0) is 0 Å². The monoisotopic (exact) mass is 507 g/mol. The maximum absolute atomic E-state index is 4.91. The van der Waals surface area contributed by atoms with Crippen molar-refractivity contribution in [2.45, 2.75) is 56.6 Å². The topological polar surface area (TPSA) is 157 Å². The van der Waals surface area contributed by atoms with Crippen molar-refractivity contribution in [3.05, 3.63) is 72.1 Å². The summed E-state index contributed by atoms with van der Waals surface area (Å²) in [6.45, 7) is 12.6. The van der Waals surface area contributed by atoms with E-state index in [2.05, 4.69) is 86.4 Å². The van der Waals surface area contributed by atoms with Crippen LogP contribution in [0.2, 0.25) is 0 Å². The van der Waals surface area contributed by atoms with E-state index < -0.39 is 0 Å². The van der Waals surface area contributed by atoms with Crippen molar-refractivity contribution in [1.82, 2.24) is 13.9 Å². The molecule has 0 aliphatic heterocycles. The first-order valence-corrected chi connectivity index (χ1v) is 12.0. The summed E-state index contributed by atoms with van der Waals surface area (Å²) in [4.78, 5) is 12.1. The van der Waals surface area contributed by atoms with Crippen molar-refractivity contribution in [1.29, 1.82) is 0 Å². The molecule has 0 bridgehead atoms. The van der Waals surface area contributed by atoms with E-state index in [4.69, 9.17) is 9.97 Å². The summed E-state index contributed by atoms with van der Waals surface area (Å²) in [6, 6.07) is 17.1. The second kappa shape index (κ2) is 15.5. The molecule has 2 aromatic heterocycles. The molecule has 7 nitrogen and oxygen atoms in total. The van der Waals surface area contributed by atoms with Crippen molar-refractivity contribution in [2.24, 2.45) is 0 Å². The van der Waals surface area contributed by atoms with Crippen LogP contribution in [0.15, 0.2) is 70.7 Å². The quantitative estimate of drug-likeness (QED) is 0.364. The largest absolute Gasteiger partial charge is 0.412 e. The molecule has 34 heavy (non-hydrogen) atoms. The van der Waals surface area contributed by atoms with Gasteiger partial charge in [0.25, 0.3) is 0 Å². The minimum absolute atomic E-state index is 0. The Balaban J connectivity index is 0. The Bertz CT molecular complexity index is 1120. The maximum atomic E-state index is 4.91. The van der Waals surface area contributed by atoms with Crippen molar-refractivity contribution in [2.75, 3.05) is 0 Å². The third-order valence-electron chi connectivity index (χ3n) is 4.39. The number of aryl methyl sites for hydroxylation is 2. The molecule has 0 amide bonds.